The fraction of sp³-hybridized carbons (Fsp3) is 0.381. The zero-order valence-electron chi connectivity index (χ0n) is 14.7. The van der Waals surface area contributed by atoms with Gasteiger partial charge in [0.25, 0.3) is 0 Å². The third-order valence-electron chi connectivity index (χ3n) is 4.19. The van der Waals surface area contributed by atoms with Crippen LogP contribution in [0.25, 0.3) is 0 Å². The summed E-state index contributed by atoms with van der Waals surface area (Å²) in [4.78, 5) is 11.6. The monoisotopic (exact) mass is 326 g/mol. The zero-order chi connectivity index (χ0) is 17.4. The summed E-state index contributed by atoms with van der Waals surface area (Å²) in [5.41, 5.74) is 3.41. The van der Waals surface area contributed by atoms with Crippen LogP contribution in [-0.4, -0.2) is 13.1 Å². The third kappa shape index (κ3) is 5.12. The minimum absolute atomic E-state index is 0.157. The summed E-state index contributed by atoms with van der Waals surface area (Å²) in [6, 6.07) is 16.3. The molecule has 0 saturated heterocycles. The van der Waals surface area contributed by atoms with E-state index in [0.29, 0.717) is 13.0 Å². The third-order valence-corrected chi connectivity index (χ3v) is 4.19. The maximum absolute atomic E-state index is 11.6. The molecular formula is C21H26O3. The van der Waals surface area contributed by atoms with E-state index in [9.17, 15) is 4.79 Å². The molecule has 0 radical (unpaired) electrons. The number of methoxy groups -OCH3 is 1. The van der Waals surface area contributed by atoms with Crippen molar-refractivity contribution in [2.75, 3.05) is 7.11 Å². The second-order valence-corrected chi connectivity index (χ2v) is 6.07. The molecule has 0 bridgehead atoms. The van der Waals surface area contributed by atoms with Crippen molar-refractivity contribution in [3.8, 4) is 5.75 Å². The number of carbonyl (C=O) groups excluding carboxylic acids is 1. The fourth-order valence-electron chi connectivity index (χ4n) is 2.84. The van der Waals surface area contributed by atoms with Crippen molar-refractivity contribution >= 4 is 5.97 Å². The first-order valence-corrected chi connectivity index (χ1v) is 8.48. The predicted molar refractivity (Wildman–Crippen MR) is 96.2 cm³/mol. The molecule has 0 heterocycles. The first kappa shape index (κ1) is 18.1. The average molecular weight is 326 g/mol. The van der Waals surface area contributed by atoms with Crippen molar-refractivity contribution in [1.29, 1.82) is 0 Å². The number of benzene rings is 2. The molecule has 3 nitrogen and oxygen atoms in total. The molecule has 0 spiro atoms. The zero-order valence-corrected chi connectivity index (χ0v) is 14.7. The largest absolute Gasteiger partial charge is 0.489 e. The molecule has 0 N–H and O–H groups in total. The molecule has 0 aliphatic carbocycles. The number of aryl methyl sites for hydroxylation is 1. The maximum atomic E-state index is 11.6. The maximum Gasteiger partial charge on any atom is 0.306 e. The van der Waals surface area contributed by atoms with Crippen LogP contribution in [0, 0.1) is 6.92 Å². The van der Waals surface area contributed by atoms with Crippen LogP contribution in [0.15, 0.2) is 48.5 Å². The van der Waals surface area contributed by atoms with Gasteiger partial charge >= 0.3 is 5.97 Å². The summed E-state index contributed by atoms with van der Waals surface area (Å²) in [6.45, 7) is 4.74. The average Bonchev–Trinajstić information content (AvgIpc) is 2.61. The number of ether oxygens (including phenoxy) is 2. The van der Waals surface area contributed by atoms with Gasteiger partial charge in [0.1, 0.15) is 12.4 Å². The molecule has 0 aliphatic heterocycles. The van der Waals surface area contributed by atoms with Crippen molar-refractivity contribution in [1.82, 2.24) is 0 Å². The molecule has 2 aromatic carbocycles. The highest BCUT2D eigenvalue weighted by atomic mass is 16.5. The molecule has 1 atom stereocenters. The molecule has 24 heavy (non-hydrogen) atoms. The summed E-state index contributed by atoms with van der Waals surface area (Å²) in [5.74, 6) is 0.927. The Hall–Kier alpha value is -2.29. The number of hydrogen-bond donors (Lipinski definition) is 0. The van der Waals surface area contributed by atoms with Gasteiger partial charge in [-0.25, -0.2) is 0 Å². The van der Waals surface area contributed by atoms with Crippen LogP contribution in [0.3, 0.4) is 0 Å². The van der Waals surface area contributed by atoms with E-state index >= 15 is 0 Å². The lowest BCUT2D eigenvalue weighted by Crippen LogP contribution is -2.09. The predicted octanol–water partition coefficient (Wildman–Crippen LogP) is 5.02. The normalized spacial score (nSPS) is 11.8. The van der Waals surface area contributed by atoms with E-state index in [0.717, 1.165) is 29.7 Å². The summed E-state index contributed by atoms with van der Waals surface area (Å²) in [7, 11) is 1.44. The van der Waals surface area contributed by atoms with E-state index in [1.807, 2.05) is 31.2 Å². The van der Waals surface area contributed by atoms with Gasteiger partial charge in [-0.3, -0.25) is 4.79 Å². The van der Waals surface area contributed by atoms with Crippen LogP contribution in [0.5, 0.6) is 5.75 Å². The Bertz CT molecular complexity index is 649. The topological polar surface area (TPSA) is 35.5 Å². The molecule has 2 rings (SSSR count). The lowest BCUT2D eigenvalue weighted by molar-refractivity contribution is -0.141. The molecular weight excluding hydrogens is 300 g/mol. The molecule has 0 aromatic heterocycles. The first-order chi connectivity index (χ1) is 11.6. The Morgan fingerprint density at radius 1 is 1.12 bits per heavy atom. The number of hydrogen-bond acceptors (Lipinski definition) is 3. The SMILES string of the molecule is CCC[C@H](CC(=O)OC)c1ccc(OCc2ccccc2)c(C)c1. The summed E-state index contributed by atoms with van der Waals surface area (Å²) < 4.78 is 10.8. The number of esters is 1. The van der Waals surface area contributed by atoms with E-state index < -0.39 is 0 Å². The Balaban J connectivity index is 2.07. The van der Waals surface area contributed by atoms with Gasteiger partial charge < -0.3 is 9.47 Å². The van der Waals surface area contributed by atoms with Gasteiger partial charge in [0.2, 0.25) is 0 Å². The smallest absolute Gasteiger partial charge is 0.306 e. The van der Waals surface area contributed by atoms with Crippen LogP contribution in [0.1, 0.15) is 48.8 Å². The molecule has 0 aliphatic rings. The van der Waals surface area contributed by atoms with Gasteiger partial charge in [0.15, 0.2) is 0 Å². The molecule has 0 unspecified atom stereocenters. The van der Waals surface area contributed by atoms with Crippen molar-refractivity contribution < 1.29 is 14.3 Å². The van der Waals surface area contributed by atoms with Gasteiger partial charge in [-0.1, -0.05) is 55.8 Å². The second-order valence-electron chi connectivity index (χ2n) is 6.07. The van der Waals surface area contributed by atoms with E-state index in [1.54, 1.807) is 0 Å². The summed E-state index contributed by atoms with van der Waals surface area (Å²) in [5, 5.41) is 0. The molecule has 0 saturated carbocycles. The van der Waals surface area contributed by atoms with Gasteiger partial charge in [-0.2, -0.15) is 0 Å². The standard InChI is InChI=1S/C21H26O3/c1-4-8-18(14-21(22)23-3)19-11-12-20(16(2)13-19)24-15-17-9-6-5-7-10-17/h5-7,9-13,18H,4,8,14-15H2,1-3H3/t18-/m1/s1. The van der Waals surface area contributed by atoms with Gasteiger partial charge in [0, 0.05) is 0 Å². The van der Waals surface area contributed by atoms with Crippen LogP contribution in [-0.2, 0) is 16.1 Å². The van der Waals surface area contributed by atoms with Crippen LogP contribution >= 0.6 is 0 Å². The molecule has 3 heteroatoms. The molecule has 0 amide bonds. The van der Waals surface area contributed by atoms with E-state index in [1.165, 1.54) is 12.7 Å². The minimum Gasteiger partial charge on any atom is -0.489 e. The quantitative estimate of drug-likeness (QED) is 0.639. The van der Waals surface area contributed by atoms with Gasteiger partial charge in [-0.05, 0) is 42.0 Å². The van der Waals surface area contributed by atoms with Crippen molar-refractivity contribution in [2.24, 2.45) is 0 Å². The van der Waals surface area contributed by atoms with Crippen molar-refractivity contribution in [2.45, 2.75) is 45.6 Å². The first-order valence-electron chi connectivity index (χ1n) is 8.48. The van der Waals surface area contributed by atoms with Gasteiger partial charge in [0.05, 0.1) is 13.5 Å². The van der Waals surface area contributed by atoms with Crippen LogP contribution in [0.4, 0.5) is 0 Å². The number of carbonyl (C=O) groups is 1. The summed E-state index contributed by atoms with van der Waals surface area (Å²) >= 11 is 0. The molecule has 0 fully saturated rings. The minimum atomic E-state index is -0.157. The lowest BCUT2D eigenvalue weighted by Gasteiger charge is -2.17. The van der Waals surface area contributed by atoms with Gasteiger partial charge in [-0.15, -0.1) is 0 Å². The van der Waals surface area contributed by atoms with Crippen LogP contribution < -0.4 is 4.74 Å². The van der Waals surface area contributed by atoms with E-state index in [-0.39, 0.29) is 11.9 Å². The Morgan fingerprint density at radius 2 is 1.88 bits per heavy atom. The van der Waals surface area contributed by atoms with Crippen molar-refractivity contribution in [3.05, 3.63) is 65.2 Å². The highest BCUT2D eigenvalue weighted by Gasteiger charge is 2.16. The number of rotatable bonds is 8. The fourth-order valence-corrected chi connectivity index (χ4v) is 2.84. The second kappa shape index (κ2) is 9.11. The molecule has 128 valence electrons. The molecule has 2 aromatic rings. The summed E-state index contributed by atoms with van der Waals surface area (Å²) in [6.07, 6.45) is 2.43. The van der Waals surface area contributed by atoms with Crippen molar-refractivity contribution in [3.63, 3.8) is 0 Å². The van der Waals surface area contributed by atoms with E-state index in [2.05, 4.69) is 31.2 Å². The highest BCUT2D eigenvalue weighted by Crippen LogP contribution is 2.29. The Labute approximate surface area is 144 Å². The van der Waals surface area contributed by atoms with E-state index in [4.69, 9.17) is 9.47 Å². The Morgan fingerprint density at radius 3 is 2.50 bits per heavy atom. The Kier molecular flexibility index (Phi) is 6.86. The van der Waals surface area contributed by atoms with Crippen LogP contribution in [0.2, 0.25) is 0 Å². The highest BCUT2D eigenvalue weighted by molar-refractivity contribution is 5.70. The lowest BCUT2D eigenvalue weighted by atomic mass is 9.90.